The van der Waals surface area contributed by atoms with E-state index < -0.39 is 10.0 Å². The first kappa shape index (κ1) is 20.3. The van der Waals surface area contributed by atoms with E-state index in [-0.39, 0.29) is 9.92 Å². The fraction of sp³-hybridized carbons (Fsp3) is 0.0476. The zero-order valence-corrected chi connectivity index (χ0v) is 17.9. The highest BCUT2D eigenvalue weighted by Crippen LogP contribution is 2.43. The predicted molar refractivity (Wildman–Crippen MR) is 117 cm³/mol. The van der Waals surface area contributed by atoms with Crippen LogP contribution in [0.1, 0.15) is 16.7 Å². The lowest BCUT2D eigenvalue weighted by molar-refractivity contribution is 0.502. The Morgan fingerprint density at radius 2 is 1.55 bits per heavy atom. The van der Waals surface area contributed by atoms with Crippen LogP contribution in [0, 0.1) is 0 Å². The fourth-order valence-electron chi connectivity index (χ4n) is 3.20. The summed E-state index contributed by atoms with van der Waals surface area (Å²) in [6.45, 7) is 0. The number of hydrogen-bond acceptors (Lipinski definition) is 3. The molecule has 0 saturated carbocycles. The van der Waals surface area contributed by atoms with Crippen LogP contribution in [0.25, 0.3) is 11.3 Å². The van der Waals surface area contributed by atoms with Crippen molar-refractivity contribution in [3.63, 3.8) is 0 Å². The van der Waals surface area contributed by atoms with Crippen LogP contribution in [0.3, 0.4) is 0 Å². The molecule has 0 saturated heterocycles. The van der Waals surface area contributed by atoms with Crippen LogP contribution in [-0.4, -0.2) is 8.42 Å². The highest BCUT2D eigenvalue weighted by Gasteiger charge is 2.25. The molecule has 0 radical (unpaired) electrons. The van der Waals surface area contributed by atoms with Gasteiger partial charge in [0.2, 0.25) is 10.0 Å². The Morgan fingerprint density at radius 3 is 2.24 bits per heavy atom. The largest absolute Gasteiger partial charge is 0.456 e. The third-order valence-electron chi connectivity index (χ3n) is 4.63. The van der Waals surface area contributed by atoms with Crippen molar-refractivity contribution in [3.8, 4) is 5.75 Å². The Kier molecular flexibility index (Phi) is 5.36. The summed E-state index contributed by atoms with van der Waals surface area (Å²) in [5.74, 6) is 1.28. The molecule has 1 aliphatic heterocycles. The van der Waals surface area contributed by atoms with E-state index in [9.17, 15) is 8.42 Å². The second kappa shape index (κ2) is 7.67. The third-order valence-corrected chi connectivity index (χ3v) is 6.85. The van der Waals surface area contributed by atoms with E-state index in [1.54, 1.807) is 24.3 Å². The highest BCUT2D eigenvalue weighted by molar-refractivity contribution is 7.89. The normalized spacial score (nSPS) is 13.8. The van der Waals surface area contributed by atoms with Crippen LogP contribution in [0.15, 0.2) is 65.6 Å². The van der Waals surface area contributed by atoms with Crippen LogP contribution in [0.5, 0.6) is 5.75 Å². The predicted octanol–water partition coefficient (Wildman–Crippen LogP) is 5.80. The van der Waals surface area contributed by atoms with Gasteiger partial charge in [0.1, 0.15) is 11.5 Å². The first-order chi connectivity index (χ1) is 13.8. The van der Waals surface area contributed by atoms with Gasteiger partial charge >= 0.3 is 0 Å². The minimum atomic E-state index is -3.79. The maximum atomic E-state index is 11.6. The van der Waals surface area contributed by atoms with Crippen LogP contribution in [0.4, 0.5) is 0 Å². The minimum Gasteiger partial charge on any atom is -0.456 e. The van der Waals surface area contributed by atoms with Gasteiger partial charge in [0.05, 0.1) is 20.0 Å². The van der Waals surface area contributed by atoms with Gasteiger partial charge in [-0.25, -0.2) is 13.6 Å². The van der Waals surface area contributed by atoms with Gasteiger partial charge in [-0.15, -0.1) is 0 Å². The molecule has 1 aliphatic rings. The molecule has 0 spiro atoms. The van der Waals surface area contributed by atoms with Crippen LogP contribution < -0.4 is 9.88 Å². The Labute approximate surface area is 183 Å². The molecule has 4 rings (SSSR count). The van der Waals surface area contributed by atoms with Crippen molar-refractivity contribution in [3.05, 3.63) is 92.4 Å². The molecule has 1 heterocycles. The number of rotatable bonds is 3. The van der Waals surface area contributed by atoms with Crippen molar-refractivity contribution < 1.29 is 13.2 Å². The zero-order chi connectivity index (χ0) is 20.8. The molecular weight excluding hydrogens is 453 g/mol. The molecule has 0 fully saturated rings. The van der Waals surface area contributed by atoms with Crippen molar-refractivity contribution in [2.75, 3.05) is 0 Å². The van der Waals surface area contributed by atoms with E-state index in [1.807, 2.05) is 24.3 Å². The molecular formula is C21H14Cl3NO3S. The zero-order valence-electron chi connectivity index (χ0n) is 14.8. The van der Waals surface area contributed by atoms with E-state index in [1.165, 1.54) is 12.1 Å². The number of para-hydroxylation sites is 1. The number of sulfonamides is 1. The van der Waals surface area contributed by atoms with E-state index in [0.717, 1.165) is 16.9 Å². The van der Waals surface area contributed by atoms with E-state index in [0.29, 0.717) is 33.4 Å². The van der Waals surface area contributed by atoms with Crippen molar-refractivity contribution in [1.29, 1.82) is 0 Å². The Balaban J connectivity index is 1.91. The Morgan fingerprint density at radius 1 is 0.862 bits per heavy atom. The highest BCUT2D eigenvalue weighted by atomic mass is 35.5. The lowest BCUT2D eigenvalue weighted by atomic mass is 9.92. The van der Waals surface area contributed by atoms with Crippen molar-refractivity contribution in [2.45, 2.75) is 11.3 Å². The van der Waals surface area contributed by atoms with Gasteiger partial charge in [0, 0.05) is 23.1 Å². The standard InChI is InChI=1S/C21H14Cl3NO3S/c22-17-10-9-15(19(23)20(17)24)16-11-13-3-1-2-4-18(13)28-21(16)12-5-7-14(8-6-12)29(25,26)27/h1-10H,11H2,(H2,25,26,27). The summed E-state index contributed by atoms with van der Waals surface area (Å²) < 4.78 is 29.3. The molecule has 2 N–H and O–H groups in total. The summed E-state index contributed by atoms with van der Waals surface area (Å²) >= 11 is 18.8. The SMILES string of the molecule is NS(=O)(=O)c1ccc(C2=C(c3ccc(Cl)c(Cl)c3Cl)Cc3ccccc3O2)cc1. The number of fused-ring (bicyclic) bond motifs is 1. The van der Waals surface area contributed by atoms with Gasteiger partial charge in [-0.1, -0.05) is 59.1 Å². The van der Waals surface area contributed by atoms with Gasteiger partial charge in [0.25, 0.3) is 0 Å². The molecule has 3 aromatic carbocycles. The monoisotopic (exact) mass is 465 g/mol. The molecule has 29 heavy (non-hydrogen) atoms. The summed E-state index contributed by atoms with van der Waals surface area (Å²) in [5.41, 5.74) is 3.19. The van der Waals surface area contributed by atoms with Crippen molar-refractivity contribution >= 4 is 56.2 Å². The van der Waals surface area contributed by atoms with Gasteiger partial charge in [0.15, 0.2) is 0 Å². The van der Waals surface area contributed by atoms with Gasteiger partial charge in [-0.2, -0.15) is 0 Å². The van der Waals surface area contributed by atoms with Gasteiger partial charge in [-0.3, -0.25) is 0 Å². The number of ether oxygens (including phenoxy) is 1. The Bertz CT molecular complexity index is 1250. The van der Waals surface area contributed by atoms with E-state index >= 15 is 0 Å². The molecule has 148 valence electrons. The molecule has 0 aromatic heterocycles. The number of nitrogens with two attached hydrogens (primary N) is 1. The molecule has 0 atom stereocenters. The first-order valence-corrected chi connectivity index (χ1v) is 11.2. The topological polar surface area (TPSA) is 69.4 Å². The maximum absolute atomic E-state index is 11.6. The summed E-state index contributed by atoms with van der Waals surface area (Å²) in [4.78, 5) is 0.0205. The second-order valence-corrected chi connectivity index (χ2v) is 9.21. The van der Waals surface area contributed by atoms with Crippen LogP contribution >= 0.6 is 34.8 Å². The number of allylic oxidation sites excluding steroid dienone is 1. The average molecular weight is 467 g/mol. The third kappa shape index (κ3) is 3.89. The summed E-state index contributed by atoms with van der Waals surface area (Å²) in [6.07, 6.45) is 0.556. The minimum absolute atomic E-state index is 0.0205. The quantitative estimate of drug-likeness (QED) is 0.496. The second-order valence-electron chi connectivity index (χ2n) is 6.49. The first-order valence-electron chi connectivity index (χ1n) is 8.51. The van der Waals surface area contributed by atoms with Crippen molar-refractivity contribution in [1.82, 2.24) is 0 Å². The van der Waals surface area contributed by atoms with Gasteiger partial charge in [-0.05, 0) is 42.0 Å². The lowest BCUT2D eigenvalue weighted by Gasteiger charge is -2.25. The number of hydrogen-bond donors (Lipinski definition) is 1. The summed E-state index contributed by atoms with van der Waals surface area (Å²) in [5, 5.41) is 6.15. The summed E-state index contributed by atoms with van der Waals surface area (Å²) in [7, 11) is -3.79. The molecule has 4 nitrogen and oxygen atoms in total. The van der Waals surface area contributed by atoms with E-state index in [4.69, 9.17) is 44.7 Å². The molecule has 0 bridgehead atoms. The number of primary sulfonamides is 1. The molecule has 3 aromatic rings. The smallest absolute Gasteiger partial charge is 0.238 e. The molecule has 0 unspecified atom stereocenters. The Hall–Kier alpha value is -2.02. The summed E-state index contributed by atoms with van der Waals surface area (Å²) in [6, 6.07) is 17.3. The van der Waals surface area contributed by atoms with Crippen LogP contribution in [0.2, 0.25) is 15.1 Å². The molecule has 0 amide bonds. The average Bonchev–Trinajstić information content (AvgIpc) is 2.71. The fourth-order valence-corrected chi connectivity index (χ4v) is 4.36. The number of halogens is 3. The van der Waals surface area contributed by atoms with E-state index in [2.05, 4.69) is 0 Å². The van der Waals surface area contributed by atoms with Crippen molar-refractivity contribution in [2.24, 2.45) is 5.14 Å². The maximum Gasteiger partial charge on any atom is 0.238 e. The van der Waals surface area contributed by atoms with Crippen LogP contribution in [-0.2, 0) is 16.4 Å². The number of benzene rings is 3. The van der Waals surface area contributed by atoms with Gasteiger partial charge < -0.3 is 4.74 Å². The molecule has 0 aliphatic carbocycles. The molecule has 8 heteroatoms. The lowest BCUT2D eigenvalue weighted by Crippen LogP contribution is -2.13.